The summed E-state index contributed by atoms with van der Waals surface area (Å²) >= 11 is 0. The van der Waals surface area contributed by atoms with Crippen molar-refractivity contribution in [3.05, 3.63) is 24.0 Å². The Bertz CT molecular complexity index is 659. The van der Waals surface area contributed by atoms with Crippen LogP contribution in [-0.4, -0.2) is 68.0 Å². The van der Waals surface area contributed by atoms with Gasteiger partial charge < -0.3 is 19.4 Å². The molecule has 25 heavy (non-hydrogen) atoms. The van der Waals surface area contributed by atoms with Crippen LogP contribution in [0.5, 0.6) is 5.75 Å². The van der Waals surface area contributed by atoms with Crippen LogP contribution < -0.4 is 9.64 Å². The highest BCUT2D eigenvalue weighted by atomic mass is 19.1. The molecule has 2 fully saturated rings. The van der Waals surface area contributed by atoms with Crippen molar-refractivity contribution in [1.82, 2.24) is 9.80 Å². The van der Waals surface area contributed by atoms with Crippen molar-refractivity contribution in [3.63, 3.8) is 0 Å². The molecule has 7 heteroatoms. The van der Waals surface area contributed by atoms with Crippen LogP contribution in [-0.2, 0) is 9.59 Å². The summed E-state index contributed by atoms with van der Waals surface area (Å²) in [5.74, 6) is 0.198. The van der Waals surface area contributed by atoms with E-state index in [0.717, 1.165) is 6.42 Å². The molecule has 136 valence electrons. The number of hydrogen-bond donors (Lipinski definition) is 0. The van der Waals surface area contributed by atoms with E-state index >= 15 is 0 Å². The molecular formula is C18H24FN3O3. The van der Waals surface area contributed by atoms with Gasteiger partial charge in [-0.05, 0) is 25.0 Å². The smallest absolute Gasteiger partial charge is 0.245 e. The number of halogens is 1. The van der Waals surface area contributed by atoms with E-state index in [4.69, 9.17) is 4.74 Å². The van der Waals surface area contributed by atoms with E-state index in [1.807, 2.05) is 4.90 Å². The average molecular weight is 349 g/mol. The van der Waals surface area contributed by atoms with Gasteiger partial charge in [-0.2, -0.15) is 0 Å². The largest absolute Gasteiger partial charge is 0.494 e. The second-order valence-electron chi connectivity index (χ2n) is 6.52. The Labute approximate surface area is 147 Å². The number of rotatable bonds is 3. The molecule has 3 rings (SSSR count). The van der Waals surface area contributed by atoms with Gasteiger partial charge in [0.25, 0.3) is 0 Å². The van der Waals surface area contributed by atoms with Gasteiger partial charge in [-0.25, -0.2) is 4.39 Å². The quantitative estimate of drug-likeness (QED) is 0.830. The number of nitrogens with zero attached hydrogens (tertiary/aromatic N) is 3. The van der Waals surface area contributed by atoms with Crippen molar-refractivity contribution in [3.8, 4) is 5.75 Å². The van der Waals surface area contributed by atoms with Gasteiger partial charge in [-0.1, -0.05) is 6.07 Å². The molecule has 0 N–H and O–H groups in total. The Morgan fingerprint density at radius 3 is 2.64 bits per heavy atom. The minimum atomic E-state index is -0.365. The van der Waals surface area contributed by atoms with Gasteiger partial charge in [0.05, 0.1) is 7.11 Å². The lowest BCUT2D eigenvalue weighted by Crippen LogP contribution is -2.56. The second-order valence-corrected chi connectivity index (χ2v) is 6.52. The molecule has 2 amide bonds. The number of carbonyl (C=O) groups excluding carboxylic acids is 2. The van der Waals surface area contributed by atoms with Gasteiger partial charge in [0.15, 0.2) is 0 Å². The number of ether oxygens (including phenoxy) is 1. The van der Waals surface area contributed by atoms with Crippen LogP contribution in [0.25, 0.3) is 0 Å². The van der Waals surface area contributed by atoms with Gasteiger partial charge in [-0.15, -0.1) is 0 Å². The summed E-state index contributed by atoms with van der Waals surface area (Å²) in [6.45, 7) is 2.09. The van der Waals surface area contributed by atoms with Crippen LogP contribution in [0.3, 0.4) is 0 Å². The third kappa shape index (κ3) is 3.41. The normalized spacial score (nSPS) is 21.5. The predicted octanol–water partition coefficient (Wildman–Crippen LogP) is 1.49. The highest BCUT2D eigenvalue weighted by Gasteiger charge is 2.35. The molecule has 0 aromatic heterocycles. The maximum absolute atomic E-state index is 14.2. The lowest BCUT2D eigenvalue weighted by Gasteiger charge is -2.40. The number of benzene rings is 1. The zero-order valence-corrected chi connectivity index (χ0v) is 14.7. The summed E-state index contributed by atoms with van der Waals surface area (Å²) in [5, 5.41) is 0. The van der Waals surface area contributed by atoms with Crippen molar-refractivity contribution in [2.24, 2.45) is 0 Å². The first-order valence-corrected chi connectivity index (χ1v) is 8.65. The monoisotopic (exact) mass is 349 g/mol. The minimum absolute atomic E-state index is 0.00398. The lowest BCUT2D eigenvalue weighted by molar-refractivity contribution is -0.147. The van der Waals surface area contributed by atoms with Crippen molar-refractivity contribution in [2.45, 2.75) is 25.3 Å². The Morgan fingerprint density at radius 1 is 1.24 bits per heavy atom. The van der Waals surface area contributed by atoms with Crippen molar-refractivity contribution >= 4 is 17.5 Å². The Balaban J connectivity index is 1.66. The minimum Gasteiger partial charge on any atom is -0.494 e. The third-order valence-corrected chi connectivity index (χ3v) is 5.09. The van der Waals surface area contributed by atoms with Crippen molar-refractivity contribution in [1.29, 1.82) is 0 Å². The van der Waals surface area contributed by atoms with Gasteiger partial charge in [-0.3, -0.25) is 9.59 Å². The molecule has 0 radical (unpaired) electrons. The first-order chi connectivity index (χ1) is 12.0. The fourth-order valence-electron chi connectivity index (χ4n) is 3.61. The summed E-state index contributed by atoms with van der Waals surface area (Å²) in [7, 11) is 3.22. The van der Waals surface area contributed by atoms with Crippen LogP contribution in [0.2, 0.25) is 0 Å². The number of amides is 2. The molecule has 0 saturated carbocycles. The Hall–Kier alpha value is -2.31. The first kappa shape index (κ1) is 17.5. The predicted molar refractivity (Wildman–Crippen MR) is 92.2 cm³/mol. The number of anilines is 1. The number of likely N-dealkylation sites (tertiary alicyclic amines) is 1. The average Bonchev–Trinajstić information content (AvgIpc) is 2.63. The Morgan fingerprint density at radius 2 is 1.96 bits per heavy atom. The molecule has 2 aliphatic rings. The van der Waals surface area contributed by atoms with Gasteiger partial charge in [0, 0.05) is 39.6 Å². The van der Waals surface area contributed by atoms with Crippen LogP contribution in [0.4, 0.5) is 10.1 Å². The van der Waals surface area contributed by atoms with Gasteiger partial charge in [0.1, 0.15) is 23.3 Å². The fourth-order valence-corrected chi connectivity index (χ4v) is 3.61. The highest BCUT2D eigenvalue weighted by Crippen LogP contribution is 2.32. The molecule has 2 heterocycles. The van der Waals surface area contributed by atoms with E-state index < -0.39 is 0 Å². The molecular weight excluding hydrogens is 325 g/mol. The number of piperidine rings is 1. The lowest BCUT2D eigenvalue weighted by atomic mass is 10.0. The summed E-state index contributed by atoms with van der Waals surface area (Å²) < 4.78 is 19.5. The van der Waals surface area contributed by atoms with E-state index in [1.54, 1.807) is 29.0 Å². The molecule has 6 nitrogen and oxygen atoms in total. The summed E-state index contributed by atoms with van der Waals surface area (Å²) in [6, 6.07) is 4.40. The molecule has 2 saturated heterocycles. The van der Waals surface area contributed by atoms with Gasteiger partial charge in [0.2, 0.25) is 11.8 Å². The Kier molecular flexibility index (Phi) is 5.11. The number of methoxy groups -OCH3 is 1. The maximum atomic E-state index is 14.2. The van der Waals surface area contributed by atoms with Crippen molar-refractivity contribution < 1.29 is 18.7 Å². The van der Waals surface area contributed by atoms with Crippen molar-refractivity contribution in [2.75, 3.05) is 45.2 Å². The zero-order chi connectivity index (χ0) is 18.0. The summed E-state index contributed by atoms with van der Waals surface area (Å²) in [6.07, 6.45) is 1.98. The molecule has 1 atom stereocenters. The van der Waals surface area contributed by atoms with Crippen LogP contribution in [0, 0.1) is 5.82 Å². The SMILES string of the molecule is COc1cccc(F)c1N1CCN(C(=O)C2CCCC(=O)N2C)CC1. The number of likely N-dealkylation sites (N-methyl/N-ethyl adjacent to an activating group) is 1. The third-order valence-electron chi connectivity index (χ3n) is 5.09. The molecule has 0 spiro atoms. The van der Waals surface area contributed by atoms with E-state index in [1.165, 1.54) is 13.2 Å². The zero-order valence-electron chi connectivity index (χ0n) is 14.7. The molecule has 2 aliphatic heterocycles. The first-order valence-electron chi connectivity index (χ1n) is 8.65. The molecule has 1 aromatic rings. The van der Waals surface area contributed by atoms with Gasteiger partial charge >= 0.3 is 0 Å². The fraction of sp³-hybridized carbons (Fsp3) is 0.556. The van der Waals surface area contributed by atoms with Crippen LogP contribution >= 0.6 is 0 Å². The molecule has 1 unspecified atom stereocenters. The number of carbonyl (C=O) groups is 2. The van der Waals surface area contributed by atoms with Crippen LogP contribution in [0.1, 0.15) is 19.3 Å². The molecule has 0 aliphatic carbocycles. The maximum Gasteiger partial charge on any atom is 0.245 e. The molecule has 0 bridgehead atoms. The summed E-state index contributed by atoms with van der Waals surface area (Å²) in [4.78, 5) is 29.8. The number of hydrogen-bond acceptors (Lipinski definition) is 4. The number of para-hydroxylation sites is 1. The molecule has 1 aromatic carbocycles. The second kappa shape index (κ2) is 7.29. The summed E-state index contributed by atoms with van der Waals surface area (Å²) in [5.41, 5.74) is 0.446. The van der Waals surface area contributed by atoms with E-state index in [-0.39, 0.29) is 23.7 Å². The van der Waals surface area contributed by atoms with E-state index in [0.29, 0.717) is 50.5 Å². The number of piperazine rings is 1. The topological polar surface area (TPSA) is 53.1 Å². The van der Waals surface area contributed by atoms with E-state index in [2.05, 4.69) is 0 Å². The standard InChI is InChI=1S/C18H24FN3O3/c1-20-14(6-4-8-16(20)23)18(24)22-11-9-21(10-12-22)17-13(19)5-3-7-15(17)25-2/h3,5,7,14H,4,6,8-12H2,1-2H3. The van der Waals surface area contributed by atoms with Crippen LogP contribution in [0.15, 0.2) is 18.2 Å². The highest BCUT2D eigenvalue weighted by molar-refractivity contribution is 5.88. The van der Waals surface area contributed by atoms with E-state index in [9.17, 15) is 14.0 Å².